The van der Waals surface area contributed by atoms with Gasteiger partial charge in [-0.1, -0.05) is 17.7 Å². The lowest BCUT2D eigenvalue weighted by Crippen LogP contribution is -2.22. The molecule has 23 heavy (non-hydrogen) atoms. The van der Waals surface area contributed by atoms with E-state index in [1.165, 1.54) is 24.5 Å². The average Bonchev–Trinajstić information content (AvgIpc) is 2.88. The van der Waals surface area contributed by atoms with Gasteiger partial charge < -0.3 is 5.21 Å². The van der Waals surface area contributed by atoms with Crippen molar-refractivity contribution in [2.24, 2.45) is 4.36 Å². The van der Waals surface area contributed by atoms with Crippen LogP contribution in [0.25, 0.3) is 11.0 Å². The van der Waals surface area contributed by atoms with E-state index in [2.05, 4.69) is 14.1 Å². The molecule has 0 N–H and O–H groups in total. The molecule has 0 aliphatic rings. The second-order valence-corrected chi connectivity index (χ2v) is 7.40. The van der Waals surface area contributed by atoms with E-state index >= 15 is 0 Å². The van der Waals surface area contributed by atoms with Crippen LogP contribution in [0.3, 0.4) is 0 Å². The van der Waals surface area contributed by atoms with E-state index < -0.39 is 15.6 Å². The molecular formula is C15H13N3O4S. The Bertz CT molecular complexity index is 1010. The number of benzene rings is 2. The molecular weight excluding hydrogens is 318 g/mol. The Morgan fingerprint density at radius 1 is 1.26 bits per heavy atom. The lowest BCUT2D eigenvalue weighted by atomic mass is 10.2. The van der Waals surface area contributed by atoms with Gasteiger partial charge in [-0.2, -0.15) is 4.36 Å². The van der Waals surface area contributed by atoms with Crippen molar-refractivity contribution >= 4 is 26.7 Å². The third kappa shape index (κ3) is 2.93. The van der Waals surface area contributed by atoms with Gasteiger partial charge in [0, 0.05) is 27.9 Å². The quantitative estimate of drug-likeness (QED) is 0.669. The van der Waals surface area contributed by atoms with Gasteiger partial charge in [0.2, 0.25) is 11.0 Å². The van der Waals surface area contributed by atoms with Crippen molar-refractivity contribution in [3.8, 4) is 0 Å². The molecule has 2 aromatic carbocycles. The Kier molecular flexibility index (Phi) is 3.61. The van der Waals surface area contributed by atoms with Crippen LogP contribution in [-0.2, 0) is 9.73 Å². The van der Waals surface area contributed by atoms with Gasteiger partial charge in [-0.3, -0.25) is 9.42 Å². The smallest absolute Gasteiger partial charge is 0.285 e. The molecule has 0 saturated heterocycles. The Labute approximate surface area is 132 Å². The van der Waals surface area contributed by atoms with Crippen LogP contribution >= 0.6 is 0 Å². The fourth-order valence-corrected chi connectivity index (χ4v) is 3.23. The number of rotatable bonds is 2. The molecule has 0 bridgehead atoms. The molecule has 0 aliphatic heterocycles. The minimum absolute atomic E-state index is 0.188. The normalized spacial score (nSPS) is 13.7. The molecule has 0 spiro atoms. The Morgan fingerprint density at radius 3 is 2.65 bits per heavy atom. The molecule has 3 aromatic rings. The molecule has 7 nitrogen and oxygen atoms in total. The number of hydrogen-bond donors (Lipinski definition) is 0. The highest BCUT2D eigenvalue weighted by molar-refractivity contribution is 7.93. The zero-order valence-electron chi connectivity index (χ0n) is 12.4. The predicted molar refractivity (Wildman–Crippen MR) is 83.2 cm³/mol. The highest BCUT2D eigenvalue weighted by Gasteiger charge is 2.15. The number of carbonyl (C=O) groups excluding carboxylic acids is 1. The van der Waals surface area contributed by atoms with Crippen molar-refractivity contribution < 1.29 is 18.5 Å². The van der Waals surface area contributed by atoms with Crippen molar-refractivity contribution in [3.63, 3.8) is 0 Å². The largest absolute Gasteiger partial charge is 0.359 e. The molecule has 8 heteroatoms. The summed E-state index contributed by atoms with van der Waals surface area (Å²) in [6, 6.07) is 11.2. The number of nitrogens with zero attached hydrogens (tertiary/aromatic N) is 3. The predicted octanol–water partition coefficient (Wildman–Crippen LogP) is 2.07. The number of carbonyl (C=O) groups is 1. The molecule has 1 aromatic heterocycles. The van der Waals surface area contributed by atoms with Gasteiger partial charge >= 0.3 is 0 Å². The minimum Gasteiger partial charge on any atom is -0.359 e. The van der Waals surface area contributed by atoms with Gasteiger partial charge in [0.25, 0.3) is 5.91 Å². The van der Waals surface area contributed by atoms with Crippen LogP contribution in [0.5, 0.6) is 0 Å². The Morgan fingerprint density at radius 2 is 1.96 bits per heavy atom. The number of amides is 1. The molecule has 0 fully saturated rings. The lowest BCUT2D eigenvalue weighted by Gasteiger charge is -2.04. The summed E-state index contributed by atoms with van der Waals surface area (Å²) in [6.07, 6.45) is 1.41. The average molecular weight is 331 g/mol. The van der Waals surface area contributed by atoms with Crippen LogP contribution in [0, 0.1) is 12.1 Å². The van der Waals surface area contributed by atoms with Crippen molar-refractivity contribution in [2.45, 2.75) is 11.8 Å². The van der Waals surface area contributed by atoms with Gasteiger partial charge in [0.1, 0.15) is 0 Å². The minimum atomic E-state index is -2.86. The summed E-state index contributed by atoms with van der Waals surface area (Å²) in [5.41, 5.74) is 1.65. The maximum Gasteiger partial charge on any atom is 0.285 e. The summed E-state index contributed by atoms with van der Waals surface area (Å²) in [5, 5.41) is 14.8. The van der Waals surface area contributed by atoms with Crippen molar-refractivity contribution in [2.75, 3.05) is 6.26 Å². The monoisotopic (exact) mass is 331 g/mol. The van der Waals surface area contributed by atoms with Crippen LogP contribution in [-0.4, -0.2) is 21.5 Å². The van der Waals surface area contributed by atoms with E-state index in [-0.39, 0.29) is 21.5 Å². The number of aromatic nitrogens is 2. The first-order valence-electron chi connectivity index (χ1n) is 6.69. The summed E-state index contributed by atoms with van der Waals surface area (Å²) in [7, 11) is -2.86. The second-order valence-electron chi connectivity index (χ2n) is 5.15. The van der Waals surface area contributed by atoms with E-state index in [0.717, 1.165) is 5.56 Å². The molecule has 0 radical (unpaired) electrons. The van der Waals surface area contributed by atoms with Crippen molar-refractivity contribution in [1.29, 1.82) is 0 Å². The first-order valence-corrected chi connectivity index (χ1v) is 8.62. The fourth-order valence-electron chi connectivity index (χ4n) is 2.06. The fraction of sp³-hybridized carbons (Fsp3) is 0.133. The third-order valence-corrected chi connectivity index (χ3v) is 5.01. The van der Waals surface area contributed by atoms with E-state index in [4.69, 9.17) is 0 Å². The van der Waals surface area contributed by atoms with Crippen molar-refractivity contribution in [1.82, 2.24) is 5.16 Å². The molecule has 0 saturated carbocycles. The molecule has 1 atom stereocenters. The van der Waals surface area contributed by atoms with E-state index in [1.54, 1.807) is 12.1 Å². The summed E-state index contributed by atoms with van der Waals surface area (Å²) in [5.74, 6) is -0.638. The number of aryl methyl sites for hydroxylation is 1. The second kappa shape index (κ2) is 5.47. The number of fused-ring (bicyclic) bond motifs is 1. The van der Waals surface area contributed by atoms with E-state index in [0.29, 0.717) is 4.90 Å². The summed E-state index contributed by atoms with van der Waals surface area (Å²) in [4.78, 5) is 13.0. The first kappa shape index (κ1) is 15.2. The Hall–Kier alpha value is -2.74. The molecule has 0 aliphatic carbocycles. The van der Waals surface area contributed by atoms with Crippen molar-refractivity contribution in [3.05, 3.63) is 58.8 Å². The molecule has 1 amide bonds. The zero-order chi connectivity index (χ0) is 16.6. The standard InChI is InChI=1S/C15H13N3O4S/c1-10-3-6-12(7-4-10)23(2,21)17-15(19)11-5-8-14-13(9-11)16-22-18(14)20/h3-9H,1-2H3. The zero-order valence-corrected chi connectivity index (χ0v) is 13.2. The van der Waals surface area contributed by atoms with Crippen LogP contribution in [0.4, 0.5) is 0 Å². The summed E-state index contributed by atoms with van der Waals surface area (Å²) < 4.78 is 21.0. The molecule has 1 unspecified atom stereocenters. The topological polar surface area (TPSA) is 99.5 Å². The maximum atomic E-state index is 12.7. The number of hydrogen-bond acceptors (Lipinski definition) is 5. The van der Waals surface area contributed by atoms with Gasteiger partial charge in [-0.15, -0.1) is 0 Å². The summed E-state index contributed by atoms with van der Waals surface area (Å²) in [6.45, 7) is 1.92. The van der Waals surface area contributed by atoms with E-state index in [9.17, 15) is 14.2 Å². The van der Waals surface area contributed by atoms with Crippen LogP contribution in [0.1, 0.15) is 15.9 Å². The van der Waals surface area contributed by atoms with Crippen LogP contribution in [0.15, 0.2) is 56.4 Å². The van der Waals surface area contributed by atoms with Crippen LogP contribution in [0.2, 0.25) is 0 Å². The first-order chi connectivity index (χ1) is 10.9. The Balaban J connectivity index is 2.00. The SMILES string of the molecule is Cc1ccc(S(C)(=O)=NC(=O)c2ccc3c(c2)no[n+]3[O-])cc1. The molecule has 118 valence electrons. The molecule has 3 rings (SSSR count). The highest BCUT2D eigenvalue weighted by Crippen LogP contribution is 2.16. The van der Waals surface area contributed by atoms with Gasteiger partial charge in [0.05, 0.1) is 9.73 Å². The lowest BCUT2D eigenvalue weighted by molar-refractivity contribution is -0.782. The van der Waals surface area contributed by atoms with Gasteiger partial charge in [-0.25, -0.2) is 4.21 Å². The van der Waals surface area contributed by atoms with Crippen LogP contribution < -0.4 is 4.90 Å². The molecule has 1 heterocycles. The maximum absolute atomic E-state index is 12.7. The van der Waals surface area contributed by atoms with E-state index in [1.807, 2.05) is 19.1 Å². The summed E-state index contributed by atoms with van der Waals surface area (Å²) >= 11 is 0. The highest BCUT2D eigenvalue weighted by atomic mass is 32.2. The van der Waals surface area contributed by atoms with Gasteiger partial charge in [-0.05, 0) is 36.1 Å². The van der Waals surface area contributed by atoms with Gasteiger partial charge in [0.15, 0.2) is 0 Å². The third-order valence-electron chi connectivity index (χ3n) is 3.35.